The molecule has 4 nitrogen and oxygen atoms in total. The van der Waals surface area contributed by atoms with Crippen LogP contribution in [-0.4, -0.2) is 20.5 Å². The molecule has 0 aliphatic rings. The van der Waals surface area contributed by atoms with Crippen molar-refractivity contribution in [3.63, 3.8) is 0 Å². The van der Waals surface area contributed by atoms with Gasteiger partial charge in [0.25, 0.3) is 0 Å². The summed E-state index contributed by atoms with van der Waals surface area (Å²) in [5.41, 5.74) is 6.95. The van der Waals surface area contributed by atoms with Crippen LogP contribution in [0.15, 0.2) is 30.6 Å². The van der Waals surface area contributed by atoms with Gasteiger partial charge in [-0.15, -0.1) is 11.3 Å². The van der Waals surface area contributed by atoms with E-state index in [0.29, 0.717) is 11.3 Å². The van der Waals surface area contributed by atoms with Gasteiger partial charge in [-0.1, -0.05) is 6.07 Å². The van der Waals surface area contributed by atoms with Gasteiger partial charge in [0.1, 0.15) is 11.3 Å². The van der Waals surface area contributed by atoms with Crippen LogP contribution in [0.1, 0.15) is 4.88 Å². The fraction of sp³-hybridized carbons (Fsp3) is 0.167. The SMILES string of the molecule is Nc1nc(-c2cnc3ccccn23)c(CC(F)(F)F)s1. The lowest BCUT2D eigenvalue weighted by atomic mass is 10.2. The first-order chi connectivity index (χ1) is 9.44. The minimum absolute atomic E-state index is 0.0978. The monoisotopic (exact) mass is 298 g/mol. The molecule has 0 amide bonds. The average molecular weight is 298 g/mol. The normalized spacial score (nSPS) is 12.2. The number of pyridine rings is 1. The molecule has 8 heteroatoms. The second kappa shape index (κ2) is 4.48. The number of fused-ring (bicyclic) bond motifs is 1. The number of nitrogen functional groups attached to an aromatic ring is 1. The molecule has 0 aliphatic carbocycles. The molecule has 0 aliphatic heterocycles. The average Bonchev–Trinajstić information content (AvgIpc) is 2.90. The Morgan fingerprint density at radius 1 is 1.30 bits per heavy atom. The number of alkyl halides is 3. The Kier molecular flexibility index (Phi) is 2.89. The van der Waals surface area contributed by atoms with Crippen LogP contribution in [0.5, 0.6) is 0 Å². The molecule has 0 saturated carbocycles. The summed E-state index contributed by atoms with van der Waals surface area (Å²) >= 11 is 0.854. The molecule has 2 N–H and O–H groups in total. The third-order valence-corrected chi connectivity index (χ3v) is 3.62. The third-order valence-electron chi connectivity index (χ3n) is 2.73. The summed E-state index contributed by atoms with van der Waals surface area (Å²) in [6.45, 7) is 0. The number of halogens is 3. The molecule has 0 bridgehead atoms. The smallest absolute Gasteiger partial charge is 0.375 e. The van der Waals surface area contributed by atoms with Gasteiger partial charge < -0.3 is 5.73 Å². The lowest BCUT2D eigenvalue weighted by Crippen LogP contribution is -2.11. The molecule has 0 radical (unpaired) electrons. The number of hydrogen-bond acceptors (Lipinski definition) is 4. The quantitative estimate of drug-likeness (QED) is 0.790. The Balaban J connectivity index is 2.14. The van der Waals surface area contributed by atoms with Crippen molar-refractivity contribution in [2.75, 3.05) is 5.73 Å². The Labute approximate surface area is 115 Å². The molecular formula is C12H9F3N4S. The molecule has 3 aromatic heterocycles. The first kappa shape index (κ1) is 12.9. The second-order valence-corrected chi connectivity index (χ2v) is 5.30. The molecule has 3 rings (SSSR count). The minimum atomic E-state index is -4.30. The number of thiazole rings is 1. The second-order valence-electron chi connectivity index (χ2n) is 4.19. The highest BCUT2D eigenvalue weighted by Gasteiger charge is 2.31. The maximum Gasteiger partial charge on any atom is 0.393 e. The van der Waals surface area contributed by atoms with Gasteiger partial charge in [-0.05, 0) is 12.1 Å². The Morgan fingerprint density at radius 2 is 2.10 bits per heavy atom. The highest BCUT2D eigenvalue weighted by molar-refractivity contribution is 7.15. The molecule has 0 aromatic carbocycles. The number of nitrogens with two attached hydrogens (primary N) is 1. The lowest BCUT2D eigenvalue weighted by molar-refractivity contribution is -0.126. The van der Waals surface area contributed by atoms with Crippen molar-refractivity contribution in [1.29, 1.82) is 0 Å². The van der Waals surface area contributed by atoms with E-state index in [4.69, 9.17) is 5.73 Å². The number of rotatable bonds is 2. The molecule has 0 fully saturated rings. The summed E-state index contributed by atoms with van der Waals surface area (Å²) in [5.74, 6) is 0. The van der Waals surface area contributed by atoms with Crippen LogP contribution < -0.4 is 5.73 Å². The van der Waals surface area contributed by atoms with Crippen molar-refractivity contribution in [2.45, 2.75) is 12.6 Å². The molecule has 0 atom stereocenters. The topological polar surface area (TPSA) is 56.2 Å². The largest absolute Gasteiger partial charge is 0.393 e. The van der Waals surface area contributed by atoms with Crippen LogP contribution >= 0.6 is 11.3 Å². The van der Waals surface area contributed by atoms with E-state index in [1.54, 1.807) is 28.8 Å². The Hall–Kier alpha value is -2.09. The number of imidazole rings is 1. The highest BCUT2D eigenvalue weighted by atomic mass is 32.1. The zero-order chi connectivity index (χ0) is 14.3. The summed E-state index contributed by atoms with van der Waals surface area (Å²) in [4.78, 5) is 8.27. The molecule has 104 valence electrons. The molecule has 0 unspecified atom stereocenters. The van der Waals surface area contributed by atoms with E-state index in [2.05, 4.69) is 9.97 Å². The zero-order valence-electron chi connectivity index (χ0n) is 10.1. The van der Waals surface area contributed by atoms with Crippen molar-refractivity contribution < 1.29 is 13.2 Å². The number of aromatic nitrogens is 3. The predicted octanol–water partition coefficient (Wildman–Crippen LogP) is 3.14. The van der Waals surface area contributed by atoms with Gasteiger partial charge in [0.15, 0.2) is 5.13 Å². The fourth-order valence-electron chi connectivity index (χ4n) is 1.98. The molecule has 3 heterocycles. The van der Waals surface area contributed by atoms with E-state index >= 15 is 0 Å². The first-order valence-electron chi connectivity index (χ1n) is 5.68. The first-order valence-corrected chi connectivity index (χ1v) is 6.50. The highest BCUT2D eigenvalue weighted by Crippen LogP contribution is 2.34. The molecule has 3 aromatic rings. The Morgan fingerprint density at radius 3 is 2.85 bits per heavy atom. The van der Waals surface area contributed by atoms with Crippen molar-refractivity contribution in [3.8, 4) is 11.4 Å². The number of hydrogen-bond donors (Lipinski definition) is 1. The maximum atomic E-state index is 12.6. The standard InChI is InChI=1S/C12H9F3N4S/c13-12(14,15)5-8-10(18-11(16)20-8)7-6-17-9-3-1-2-4-19(7)9/h1-4,6H,5H2,(H2,16,18). The van der Waals surface area contributed by atoms with Gasteiger partial charge in [0, 0.05) is 11.1 Å². The summed E-state index contributed by atoms with van der Waals surface area (Å²) in [6.07, 6.45) is -2.11. The van der Waals surface area contributed by atoms with Crippen LogP contribution in [0.4, 0.5) is 18.3 Å². The lowest BCUT2D eigenvalue weighted by Gasteiger charge is -2.05. The minimum Gasteiger partial charge on any atom is -0.375 e. The van der Waals surface area contributed by atoms with E-state index < -0.39 is 12.6 Å². The van der Waals surface area contributed by atoms with Gasteiger partial charge in [-0.3, -0.25) is 4.40 Å². The summed E-state index contributed by atoms with van der Waals surface area (Å²) < 4.78 is 39.5. The van der Waals surface area contributed by atoms with Crippen LogP contribution in [0, 0.1) is 0 Å². The van der Waals surface area contributed by atoms with Gasteiger partial charge in [-0.2, -0.15) is 13.2 Å². The van der Waals surface area contributed by atoms with Crippen molar-refractivity contribution in [3.05, 3.63) is 35.5 Å². The predicted molar refractivity (Wildman–Crippen MR) is 70.5 cm³/mol. The van der Waals surface area contributed by atoms with E-state index in [1.807, 2.05) is 0 Å². The van der Waals surface area contributed by atoms with Crippen LogP contribution in [0.2, 0.25) is 0 Å². The van der Waals surface area contributed by atoms with Crippen molar-refractivity contribution >= 4 is 22.1 Å². The number of nitrogens with zero attached hydrogens (tertiary/aromatic N) is 3. The molecular weight excluding hydrogens is 289 g/mol. The van der Waals surface area contributed by atoms with Gasteiger partial charge in [-0.25, -0.2) is 9.97 Å². The van der Waals surface area contributed by atoms with E-state index in [-0.39, 0.29) is 15.7 Å². The summed E-state index contributed by atoms with van der Waals surface area (Å²) in [6, 6.07) is 5.35. The summed E-state index contributed by atoms with van der Waals surface area (Å²) in [7, 11) is 0. The maximum absolute atomic E-state index is 12.6. The third kappa shape index (κ3) is 2.34. The molecule has 20 heavy (non-hydrogen) atoms. The van der Waals surface area contributed by atoms with E-state index in [0.717, 1.165) is 11.3 Å². The van der Waals surface area contributed by atoms with Gasteiger partial charge in [0.2, 0.25) is 0 Å². The van der Waals surface area contributed by atoms with E-state index in [9.17, 15) is 13.2 Å². The zero-order valence-corrected chi connectivity index (χ0v) is 10.9. The molecule has 0 saturated heterocycles. The summed E-state index contributed by atoms with van der Waals surface area (Å²) in [5, 5.41) is 0.116. The van der Waals surface area contributed by atoms with Crippen LogP contribution in [0.25, 0.3) is 17.0 Å². The van der Waals surface area contributed by atoms with Crippen molar-refractivity contribution in [1.82, 2.24) is 14.4 Å². The van der Waals surface area contributed by atoms with Gasteiger partial charge in [0.05, 0.1) is 18.3 Å². The van der Waals surface area contributed by atoms with Crippen molar-refractivity contribution in [2.24, 2.45) is 0 Å². The van der Waals surface area contributed by atoms with E-state index in [1.165, 1.54) is 6.20 Å². The van der Waals surface area contributed by atoms with Crippen LogP contribution in [0.3, 0.4) is 0 Å². The molecule has 0 spiro atoms. The van der Waals surface area contributed by atoms with Crippen LogP contribution in [-0.2, 0) is 6.42 Å². The fourth-order valence-corrected chi connectivity index (χ4v) is 2.85. The van der Waals surface area contributed by atoms with Gasteiger partial charge >= 0.3 is 6.18 Å². The number of anilines is 1. The Bertz CT molecular complexity index is 759.